The van der Waals surface area contributed by atoms with Crippen LogP contribution in [0.15, 0.2) is 29.3 Å². The van der Waals surface area contributed by atoms with Crippen molar-refractivity contribution in [1.82, 2.24) is 4.57 Å². The van der Waals surface area contributed by atoms with E-state index in [0.717, 1.165) is 24.2 Å². The summed E-state index contributed by atoms with van der Waals surface area (Å²) >= 11 is 3.44. The minimum atomic E-state index is 0.0785. The van der Waals surface area contributed by atoms with Gasteiger partial charge in [0.1, 0.15) is 0 Å². The van der Waals surface area contributed by atoms with E-state index in [2.05, 4.69) is 27.4 Å². The zero-order valence-electron chi connectivity index (χ0n) is 8.45. The molecule has 1 rings (SSSR count). The number of hydrogen-bond acceptors (Lipinski definition) is 1. The highest BCUT2D eigenvalue weighted by Gasteiger charge is 2.00. The Bertz CT molecular complexity index is 301. The maximum absolute atomic E-state index is 10.8. The van der Waals surface area contributed by atoms with Gasteiger partial charge < -0.3 is 4.57 Å². The van der Waals surface area contributed by atoms with Gasteiger partial charge in [-0.15, -0.1) is 0 Å². The molecule has 0 bridgehead atoms. The number of alkyl halides is 1. The lowest BCUT2D eigenvalue weighted by molar-refractivity contribution is 0.471. The SMILES string of the molecule is CC(CCBr)CCn1ccc(=O)cc1. The maximum atomic E-state index is 10.8. The molecule has 1 heterocycles. The van der Waals surface area contributed by atoms with E-state index in [4.69, 9.17) is 0 Å². The van der Waals surface area contributed by atoms with Crippen molar-refractivity contribution in [3.05, 3.63) is 34.7 Å². The van der Waals surface area contributed by atoms with Crippen LogP contribution in [0.5, 0.6) is 0 Å². The van der Waals surface area contributed by atoms with E-state index in [1.807, 2.05) is 12.4 Å². The van der Waals surface area contributed by atoms with Crippen molar-refractivity contribution in [2.24, 2.45) is 5.92 Å². The summed E-state index contributed by atoms with van der Waals surface area (Å²) in [6.07, 6.45) is 6.07. The smallest absolute Gasteiger partial charge is 0.181 e. The molecule has 3 heteroatoms. The van der Waals surface area contributed by atoms with Gasteiger partial charge in [0.05, 0.1) is 0 Å². The van der Waals surface area contributed by atoms with E-state index in [9.17, 15) is 4.79 Å². The lowest BCUT2D eigenvalue weighted by Gasteiger charge is -2.10. The van der Waals surface area contributed by atoms with Crippen LogP contribution in [0.1, 0.15) is 19.8 Å². The molecule has 0 spiro atoms. The quantitative estimate of drug-likeness (QED) is 0.744. The zero-order chi connectivity index (χ0) is 10.4. The van der Waals surface area contributed by atoms with E-state index in [1.54, 1.807) is 12.1 Å². The predicted octanol–water partition coefficient (Wildman–Crippen LogP) is 2.66. The Morgan fingerprint density at radius 2 is 2.00 bits per heavy atom. The molecule has 0 aromatic carbocycles. The van der Waals surface area contributed by atoms with Gasteiger partial charge >= 0.3 is 0 Å². The van der Waals surface area contributed by atoms with E-state index < -0.39 is 0 Å². The first kappa shape index (κ1) is 11.5. The first-order valence-corrected chi connectivity index (χ1v) is 6.06. The summed E-state index contributed by atoms with van der Waals surface area (Å²) < 4.78 is 2.06. The van der Waals surface area contributed by atoms with Gasteiger partial charge in [-0.05, 0) is 18.8 Å². The number of aryl methyl sites for hydroxylation is 1. The van der Waals surface area contributed by atoms with Crippen molar-refractivity contribution in [2.45, 2.75) is 26.3 Å². The largest absolute Gasteiger partial charge is 0.354 e. The third kappa shape index (κ3) is 4.09. The molecular formula is C11H16BrNO. The van der Waals surface area contributed by atoms with E-state index in [-0.39, 0.29) is 5.43 Å². The number of halogens is 1. The highest BCUT2D eigenvalue weighted by molar-refractivity contribution is 9.09. The lowest BCUT2D eigenvalue weighted by atomic mass is 10.1. The molecule has 0 amide bonds. The van der Waals surface area contributed by atoms with Gasteiger partial charge in [0.25, 0.3) is 0 Å². The van der Waals surface area contributed by atoms with Crippen LogP contribution in [0.3, 0.4) is 0 Å². The van der Waals surface area contributed by atoms with E-state index >= 15 is 0 Å². The summed E-state index contributed by atoms with van der Waals surface area (Å²) in [5.41, 5.74) is 0.0785. The van der Waals surface area contributed by atoms with Crippen LogP contribution in [-0.2, 0) is 6.54 Å². The second kappa shape index (κ2) is 6.02. The molecule has 0 aliphatic rings. The summed E-state index contributed by atoms with van der Waals surface area (Å²) in [5, 5.41) is 1.07. The Morgan fingerprint density at radius 3 is 2.57 bits per heavy atom. The molecule has 14 heavy (non-hydrogen) atoms. The number of rotatable bonds is 5. The zero-order valence-corrected chi connectivity index (χ0v) is 10.0. The number of aromatic nitrogens is 1. The molecule has 0 radical (unpaired) electrons. The van der Waals surface area contributed by atoms with Crippen LogP contribution < -0.4 is 5.43 Å². The highest BCUT2D eigenvalue weighted by Crippen LogP contribution is 2.10. The van der Waals surface area contributed by atoms with Crippen molar-refractivity contribution < 1.29 is 0 Å². The molecule has 1 aromatic heterocycles. The summed E-state index contributed by atoms with van der Waals surface area (Å²) in [7, 11) is 0. The first-order valence-electron chi connectivity index (χ1n) is 4.94. The monoisotopic (exact) mass is 257 g/mol. The van der Waals surface area contributed by atoms with Crippen LogP contribution in [0, 0.1) is 5.92 Å². The fraction of sp³-hybridized carbons (Fsp3) is 0.545. The van der Waals surface area contributed by atoms with Crippen LogP contribution in [0.2, 0.25) is 0 Å². The Morgan fingerprint density at radius 1 is 1.36 bits per heavy atom. The lowest BCUT2D eigenvalue weighted by Crippen LogP contribution is -2.07. The Balaban J connectivity index is 2.38. The molecule has 1 aromatic rings. The summed E-state index contributed by atoms with van der Waals surface area (Å²) in [4.78, 5) is 10.8. The predicted molar refractivity (Wildman–Crippen MR) is 62.9 cm³/mol. The van der Waals surface area contributed by atoms with Gasteiger partial charge in [-0.2, -0.15) is 0 Å². The fourth-order valence-electron chi connectivity index (χ4n) is 1.29. The first-order chi connectivity index (χ1) is 6.72. The van der Waals surface area contributed by atoms with Crippen LogP contribution in [0.25, 0.3) is 0 Å². The second-order valence-corrected chi connectivity index (χ2v) is 4.44. The summed E-state index contributed by atoms with van der Waals surface area (Å²) in [6, 6.07) is 3.21. The number of hydrogen-bond donors (Lipinski definition) is 0. The summed E-state index contributed by atoms with van der Waals surface area (Å²) in [5.74, 6) is 0.730. The van der Waals surface area contributed by atoms with Gasteiger partial charge in [0.15, 0.2) is 5.43 Å². The van der Waals surface area contributed by atoms with E-state index in [1.165, 1.54) is 6.42 Å². The minimum absolute atomic E-state index is 0.0785. The number of nitrogens with zero attached hydrogens (tertiary/aromatic N) is 1. The highest BCUT2D eigenvalue weighted by atomic mass is 79.9. The average Bonchev–Trinajstić information content (AvgIpc) is 2.17. The van der Waals surface area contributed by atoms with Crippen LogP contribution in [-0.4, -0.2) is 9.90 Å². The van der Waals surface area contributed by atoms with Crippen LogP contribution >= 0.6 is 15.9 Å². The van der Waals surface area contributed by atoms with Crippen molar-refractivity contribution in [2.75, 3.05) is 5.33 Å². The number of pyridine rings is 1. The molecule has 0 saturated carbocycles. The molecule has 0 fully saturated rings. The molecule has 2 nitrogen and oxygen atoms in total. The normalized spacial score (nSPS) is 12.7. The molecule has 0 saturated heterocycles. The third-order valence-electron chi connectivity index (χ3n) is 2.34. The van der Waals surface area contributed by atoms with Gasteiger partial charge in [-0.25, -0.2) is 0 Å². The maximum Gasteiger partial charge on any atom is 0.181 e. The van der Waals surface area contributed by atoms with Gasteiger partial charge in [-0.1, -0.05) is 22.9 Å². The average molecular weight is 258 g/mol. The van der Waals surface area contributed by atoms with Crippen molar-refractivity contribution >= 4 is 15.9 Å². The van der Waals surface area contributed by atoms with Crippen molar-refractivity contribution in [3.8, 4) is 0 Å². The van der Waals surface area contributed by atoms with Crippen molar-refractivity contribution in [1.29, 1.82) is 0 Å². The second-order valence-electron chi connectivity index (χ2n) is 3.64. The van der Waals surface area contributed by atoms with Crippen LogP contribution in [0.4, 0.5) is 0 Å². The minimum Gasteiger partial charge on any atom is -0.354 e. The molecule has 1 unspecified atom stereocenters. The molecule has 0 N–H and O–H groups in total. The standard InChI is InChI=1S/C11H16BrNO/c1-10(2-6-12)3-7-13-8-4-11(14)5-9-13/h4-5,8-10H,2-3,6-7H2,1H3. The molecule has 0 aliphatic heterocycles. The molecule has 0 aliphatic carbocycles. The Hall–Kier alpha value is -0.570. The topological polar surface area (TPSA) is 22.0 Å². The fourth-order valence-corrected chi connectivity index (χ4v) is 2.07. The Labute approximate surface area is 93.1 Å². The van der Waals surface area contributed by atoms with Gasteiger partial charge in [0, 0.05) is 36.4 Å². The molecular weight excluding hydrogens is 242 g/mol. The molecule has 78 valence electrons. The van der Waals surface area contributed by atoms with E-state index in [0.29, 0.717) is 0 Å². The molecule has 1 atom stereocenters. The summed E-state index contributed by atoms with van der Waals surface area (Å²) in [6.45, 7) is 3.25. The van der Waals surface area contributed by atoms with Gasteiger partial charge in [-0.3, -0.25) is 4.79 Å². The van der Waals surface area contributed by atoms with Crippen molar-refractivity contribution in [3.63, 3.8) is 0 Å². The van der Waals surface area contributed by atoms with Gasteiger partial charge in [0.2, 0.25) is 0 Å². The Kier molecular flexibility index (Phi) is 4.94. The third-order valence-corrected chi connectivity index (χ3v) is 2.80.